The van der Waals surface area contributed by atoms with Crippen molar-refractivity contribution < 1.29 is 4.79 Å². The second-order valence-corrected chi connectivity index (χ2v) is 5.66. The van der Waals surface area contributed by atoms with Crippen LogP contribution in [0.3, 0.4) is 0 Å². The summed E-state index contributed by atoms with van der Waals surface area (Å²) in [4.78, 5) is 16.2. The minimum Gasteiger partial charge on any atom is -0.344 e. The molecule has 0 radical (unpaired) electrons. The number of amides is 1. The Hall–Kier alpha value is -1.68. The van der Waals surface area contributed by atoms with E-state index in [-0.39, 0.29) is 11.9 Å². The van der Waals surface area contributed by atoms with Crippen molar-refractivity contribution in [3.8, 4) is 0 Å². The molecule has 0 bridgehead atoms. The summed E-state index contributed by atoms with van der Waals surface area (Å²) in [7, 11) is 0. The fourth-order valence-corrected chi connectivity index (χ4v) is 2.52. The van der Waals surface area contributed by atoms with Gasteiger partial charge in [0.15, 0.2) is 0 Å². The van der Waals surface area contributed by atoms with Crippen LogP contribution >= 0.6 is 11.3 Å². The molecule has 1 atom stereocenters. The van der Waals surface area contributed by atoms with Gasteiger partial charge in [0.25, 0.3) is 5.91 Å². The highest BCUT2D eigenvalue weighted by Crippen LogP contribution is 2.21. The van der Waals surface area contributed by atoms with Crippen LogP contribution in [0.1, 0.15) is 42.4 Å². The minimum absolute atomic E-state index is 0.0374. The second-order valence-electron chi connectivity index (χ2n) is 4.94. The summed E-state index contributed by atoms with van der Waals surface area (Å²) < 4.78 is 0. The lowest BCUT2D eigenvalue weighted by Gasteiger charge is -2.20. The Labute approximate surface area is 117 Å². The van der Waals surface area contributed by atoms with Gasteiger partial charge >= 0.3 is 0 Å². The molecule has 1 heterocycles. The van der Waals surface area contributed by atoms with Gasteiger partial charge in [-0.2, -0.15) is 0 Å². The van der Waals surface area contributed by atoms with Crippen LogP contribution < -0.4 is 5.32 Å². The summed E-state index contributed by atoms with van der Waals surface area (Å²) in [5, 5.41) is 4.84. The first-order valence-electron chi connectivity index (χ1n) is 6.41. The number of hydrogen-bond donors (Lipinski definition) is 1. The van der Waals surface area contributed by atoms with Gasteiger partial charge in [-0.05, 0) is 17.9 Å². The smallest absolute Gasteiger partial charge is 0.271 e. The van der Waals surface area contributed by atoms with E-state index in [0.717, 1.165) is 12.0 Å². The molecular formula is C15H18N2OS. The van der Waals surface area contributed by atoms with Crippen molar-refractivity contribution in [1.82, 2.24) is 10.3 Å². The van der Waals surface area contributed by atoms with Gasteiger partial charge in [0.2, 0.25) is 0 Å². The summed E-state index contributed by atoms with van der Waals surface area (Å²) in [6.45, 7) is 4.32. The van der Waals surface area contributed by atoms with E-state index in [1.807, 2.05) is 30.3 Å². The summed E-state index contributed by atoms with van der Waals surface area (Å²) in [5.41, 5.74) is 3.31. The number of carbonyl (C=O) groups excluding carboxylic acids is 1. The molecule has 0 aliphatic rings. The average molecular weight is 274 g/mol. The SMILES string of the molecule is CC(C)CC(NC(=O)c1cscn1)c1ccccc1. The van der Waals surface area contributed by atoms with Crippen molar-refractivity contribution in [1.29, 1.82) is 0 Å². The molecule has 100 valence electrons. The highest BCUT2D eigenvalue weighted by atomic mass is 32.1. The van der Waals surface area contributed by atoms with Crippen molar-refractivity contribution in [2.75, 3.05) is 0 Å². The highest BCUT2D eigenvalue weighted by molar-refractivity contribution is 7.07. The number of thiazole rings is 1. The summed E-state index contributed by atoms with van der Waals surface area (Å²) in [5.74, 6) is 0.414. The van der Waals surface area contributed by atoms with Crippen LogP contribution in [0, 0.1) is 5.92 Å². The first-order valence-corrected chi connectivity index (χ1v) is 7.35. The third-order valence-corrected chi connectivity index (χ3v) is 3.47. The van der Waals surface area contributed by atoms with E-state index >= 15 is 0 Å². The van der Waals surface area contributed by atoms with Gasteiger partial charge in [-0.25, -0.2) is 4.98 Å². The fraction of sp³-hybridized carbons (Fsp3) is 0.333. The number of carbonyl (C=O) groups is 1. The predicted octanol–water partition coefficient (Wildman–Crippen LogP) is 3.66. The molecule has 3 nitrogen and oxygen atoms in total. The molecule has 0 saturated carbocycles. The number of rotatable bonds is 5. The maximum atomic E-state index is 12.1. The molecule has 4 heteroatoms. The number of nitrogens with zero attached hydrogens (tertiary/aromatic N) is 1. The lowest BCUT2D eigenvalue weighted by Crippen LogP contribution is -2.29. The van der Waals surface area contributed by atoms with Gasteiger partial charge in [-0.15, -0.1) is 11.3 Å². The van der Waals surface area contributed by atoms with Crippen molar-refractivity contribution >= 4 is 17.2 Å². The molecule has 0 aliphatic carbocycles. The van der Waals surface area contributed by atoms with Gasteiger partial charge in [0, 0.05) is 5.38 Å². The van der Waals surface area contributed by atoms with E-state index in [2.05, 4.69) is 24.1 Å². The zero-order chi connectivity index (χ0) is 13.7. The van der Waals surface area contributed by atoms with Crippen LogP contribution in [0.4, 0.5) is 0 Å². The molecule has 0 saturated heterocycles. The van der Waals surface area contributed by atoms with Crippen LogP contribution in [-0.2, 0) is 0 Å². The zero-order valence-corrected chi connectivity index (χ0v) is 12.0. The molecule has 0 fully saturated rings. The van der Waals surface area contributed by atoms with Crippen LogP contribution in [0.5, 0.6) is 0 Å². The Morgan fingerprint density at radius 1 is 1.32 bits per heavy atom. The van der Waals surface area contributed by atoms with Gasteiger partial charge in [-0.3, -0.25) is 4.79 Å². The molecule has 19 heavy (non-hydrogen) atoms. The largest absolute Gasteiger partial charge is 0.344 e. The molecule has 0 spiro atoms. The van der Waals surface area contributed by atoms with E-state index in [1.165, 1.54) is 11.3 Å². The number of aromatic nitrogens is 1. The van der Waals surface area contributed by atoms with Gasteiger partial charge in [0.1, 0.15) is 5.69 Å². The Morgan fingerprint density at radius 3 is 2.63 bits per heavy atom. The fourth-order valence-electron chi connectivity index (χ4n) is 1.99. The molecular weight excluding hydrogens is 256 g/mol. The van der Waals surface area contributed by atoms with E-state index in [4.69, 9.17) is 0 Å². The van der Waals surface area contributed by atoms with E-state index < -0.39 is 0 Å². The summed E-state index contributed by atoms with van der Waals surface area (Å²) in [6.07, 6.45) is 0.917. The van der Waals surface area contributed by atoms with Crippen LogP contribution in [-0.4, -0.2) is 10.9 Å². The normalized spacial score (nSPS) is 12.4. The topological polar surface area (TPSA) is 42.0 Å². The van der Waals surface area contributed by atoms with Crippen molar-refractivity contribution in [2.24, 2.45) is 5.92 Å². The Bertz CT molecular complexity index is 508. The number of hydrogen-bond acceptors (Lipinski definition) is 3. The zero-order valence-electron chi connectivity index (χ0n) is 11.2. The van der Waals surface area contributed by atoms with Gasteiger partial charge in [0.05, 0.1) is 11.6 Å². The molecule has 1 amide bonds. The maximum absolute atomic E-state index is 12.1. The quantitative estimate of drug-likeness (QED) is 0.904. The lowest BCUT2D eigenvalue weighted by molar-refractivity contribution is 0.0927. The van der Waals surface area contributed by atoms with Crippen LogP contribution in [0.15, 0.2) is 41.2 Å². The predicted molar refractivity (Wildman–Crippen MR) is 78.2 cm³/mol. The molecule has 0 aliphatic heterocycles. The first kappa shape index (κ1) is 13.7. The summed E-state index contributed by atoms with van der Waals surface area (Å²) >= 11 is 1.43. The van der Waals surface area contributed by atoms with Gasteiger partial charge in [-0.1, -0.05) is 44.2 Å². The molecule has 1 aromatic carbocycles. The minimum atomic E-state index is -0.101. The number of nitrogens with one attached hydrogen (secondary N) is 1. The van der Waals surface area contributed by atoms with E-state index in [0.29, 0.717) is 11.6 Å². The molecule has 2 aromatic rings. The van der Waals surface area contributed by atoms with Crippen LogP contribution in [0.2, 0.25) is 0 Å². The Morgan fingerprint density at radius 2 is 2.05 bits per heavy atom. The first-order chi connectivity index (χ1) is 9.16. The van der Waals surface area contributed by atoms with Gasteiger partial charge < -0.3 is 5.32 Å². The summed E-state index contributed by atoms with van der Waals surface area (Å²) in [6, 6.07) is 10.1. The third kappa shape index (κ3) is 3.89. The third-order valence-electron chi connectivity index (χ3n) is 2.88. The average Bonchev–Trinajstić information content (AvgIpc) is 2.92. The van der Waals surface area contributed by atoms with Crippen molar-refractivity contribution in [3.63, 3.8) is 0 Å². The Kier molecular flexibility index (Phi) is 4.68. The molecule has 2 rings (SSSR count). The van der Waals surface area contributed by atoms with Crippen LogP contribution in [0.25, 0.3) is 0 Å². The molecule has 1 N–H and O–H groups in total. The standard InChI is InChI=1S/C15H18N2OS/c1-11(2)8-13(12-6-4-3-5-7-12)17-15(18)14-9-19-10-16-14/h3-7,9-11,13H,8H2,1-2H3,(H,17,18). The monoisotopic (exact) mass is 274 g/mol. The molecule has 1 aromatic heterocycles. The lowest BCUT2D eigenvalue weighted by atomic mass is 9.97. The number of benzene rings is 1. The van der Waals surface area contributed by atoms with Crippen molar-refractivity contribution in [2.45, 2.75) is 26.3 Å². The van der Waals surface area contributed by atoms with Crippen molar-refractivity contribution in [3.05, 3.63) is 52.5 Å². The maximum Gasteiger partial charge on any atom is 0.271 e. The Balaban J connectivity index is 2.13. The molecule has 1 unspecified atom stereocenters. The van der Waals surface area contributed by atoms with E-state index in [9.17, 15) is 4.79 Å². The highest BCUT2D eigenvalue weighted by Gasteiger charge is 2.17. The second kappa shape index (κ2) is 6.48. The van der Waals surface area contributed by atoms with E-state index in [1.54, 1.807) is 10.9 Å².